The Hall–Kier alpha value is -2.43. The second kappa shape index (κ2) is 5.89. The van der Waals surface area contributed by atoms with Gasteiger partial charge in [-0.3, -0.25) is 0 Å². The van der Waals surface area contributed by atoms with Gasteiger partial charge in [0, 0.05) is 22.0 Å². The molecule has 118 valence electrons. The van der Waals surface area contributed by atoms with Crippen molar-refractivity contribution in [3.8, 4) is 5.75 Å². The van der Waals surface area contributed by atoms with Gasteiger partial charge in [0.2, 0.25) is 8.77 Å². The summed E-state index contributed by atoms with van der Waals surface area (Å²) in [5, 5.41) is 3.78. The van der Waals surface area contributed by atoms with E-state index in [1.165, 1.54) is 0 Å². The van der Waals surface area contributed by atoms with Crippen LogP contribution >= 0.6 is 0 Å². The molecule has 24 heavy (non-hydrogen) atoms. The molecule has 0 heterocycles. The lowest BCUT2D eigenvalue weighted by atomic mass is 10.1. The van der Waals surface area contributed by atoms with E-state index in [1.807, 2.05) is 72.8 Å². The SMILES string of the molecule is O=S(=S)(Oc1cccc2ccccc12)c1cccc2ccccc12. The zero-order valence-electron chi connectivity index (χ0n) is 12.7. The number of hydrogen-bond donors (Lipinski definition) is 0. The molecule has 0 N–H and O–H groups in total. The van der Waals surface area contributed by atoms with Crippen LogP contribution in [0.5, 0.6) is 5.75 Å². The van der Waals surface area contributed by atoms with Crippen LogP contribution in [0.15, 0.2) is 89.8 Å². The molecule has 0 radical (unpaired) electrons. The molecule has 4 heteroatoms. The highest BCUT2D eigenvalue weighted by atomic mass is 32.8. The molecule has 1 atom stereocenters. The number of fused-ring (bicyclic) bond motifs is 2. The molecule has 2 nitrogen and oxygen atoms in total. The van der Waals surface area contributed by atoms with Gasteiger partial charge in [0.15, 0.2) is 0 Å². The Labute approximate surface area is 145 Å². The van der Waals surface area contributed by atoms with E-state index < -0.39 is 8.77 Å². The summed E-state index contributed by atoms with van der Waals surface area (Å²) in [7, 11) is -3.10. The molecule has 0 saturated heterocycles. The number of benzene rings is 4. The van der Waals surface area contributed by atoms with Gasteiger partial charge < -0.3 is 4.18 Å². The highest BCUT2D eigenvalue weighted by Crippen LogP contribution is 2.30. The number of hydrogen-bond acceptors (Lipinski definition) is 3. The van der Waals surface area contributed by atoms with Crippen molar-refractivity contribution in [2.24, 2.45) is 0 Å². The van der Waals surface area contributed by atoms with E-state index in [0.29, 0.717) is 10.6 Å². The van der Waals surface area contributed by atoms with Crippen molar-refractivity contribution < 1.29 is 8.39 Å². The maximum absolute atomic E-state index is 13.2. The average Bonchev–Trinajstić information content (AvgIpc) is 2.61. The van der Waals surface area contributed by atoms with Crippen LogP contribution in [0.25, 0.3) is 21.5 Å². The van der Waals surface area contributed by atoms with Crippen molar-refractivity contribution >= 4 is 41.5 Å². The van der Waals surface area contributed by atoms with Crippen LogP contribution in [0.3, 0.4) is 0 Å². The van der Waals surface area contributed by atoms with Gasteiger partial charge in [0.25, 0.3) is 0 Å². The third kappa shape index (κ3) is 2.64. The fourth-order valence-electron chi connectivity index (χ4n) is 2.85. The molecule has 4 aromatic carbocycles. The summed E-state index contributed by atoms with van der Waals surface area (Å²) in [4.78, 5) is 0.545. The largest absolute Gasteiger partial charge is 0.397 e. The second-order valence-electron chi connectivity index (χ2n) is 5.49. The highest BCUT2D eigenvalue weighted by molar-refractivity contribution is 8.30. The first-order chi connectivity index (χ1) is 11.6. The molecule has 0 amide bonds. The van der Waals surface area contributed by atoms with Crippen molar-refractivity contribution in [1.82, 2.24) is 0 Å². The van der Waals surface area contributed by atoms with Crippen molar-refractivity contribution in [3.05, 3.63) is 84.9 Å². The van der Waals surface area contributed by atoms with E-state index >= 15 is 0 Å². The van der Waals surface area contributed by atoms with Crippen LogP contribution in [-0.4, -0.2) is 4.21 Å². The van der Waals surface area contributed by atoms with Gasteiger partial charge in [-0.15, -0.1) is 0 Å². The van der Waals surface area contributed by atoms with Crippen molar-refractivity contribution in [3.63, 3.8) is 0 Å². The Morgan fingerprint density at radius 1 is 0.667 bits per heavy atom. The van der Waals surface area contributed by atoms with Gasteiger partial charge in [0.05, 0.1) is 4.90 Å². The van der Waals surface area contributed by atoms with Crippen molar-refractivity contribution in [2.75, 3.05) is 0 Å². The molecule has 4 rings (SSSR count). The molecule has 0 fully saturated rings. The molecule has 0 bridgehead atoms. The first kappa shape index (κ1) is 15.1. The molecule has 0 aromatic heterocycles. The Bertz CT molecular complexity index is 1140. The van der Waals surface area contributed by atoms with Crippen LogP contribution in [0.1, 0.15) is 0 Å². The van der Waals surface area contributed by atoms with Gasteiger partial charge in [-0.1, -0.05) is 72.8 Å². The summed E-state index contributed by atoms with van der Waals surface area (Å²) < 4.78 is 19.1. The zero-order chi connectivity index (χ0) is 16.6. The standard InChI is InChI=1S/C20H14O2S2/c21-24(23,20-14-6-10-16-8-2-4-12-18(16)20)22-19-13-5-9-15-7-1-3-11-17(15)19/h1-14H. The zero-order valence-corrected chi connectivity index (χ0v) is 14.3. The summed E-state index contributed by atoms with van der Waals surface area (Å²) in [5.41, 5.74) is 0. The molecule has 4 aromatic rings. The topological polar surface area (TPSA) is 26.3 Å². The van der Waals surface area contributed by atoms with Crippen molar-refractivity contribution in [2.45, 2.75) is 4.90 Å². The van der Waals surface area contributed by atoms with Gasteiger partial charge in [0.1, 0.15) is 5.75 Å². The molecular formula is C20H14O2S2. The van der Waals surface area contributed by atoms with Gasteiger partial charge >= 0.3 is 0 Å². The lowest BCUT2D eigenvalue weighted by Crippen LogP contribution is -2.09. The highest BCUT2D eigenvalue weighted by Gasteiger charge is 2.17. The molecule has 0 aliphatic heterocycles. The van der Waals surface area contributed by atoms with Crippen LogP contribution in [0.4, 0.5) is 0 Å². The van der Waals surface area contributed by atoms with Crippen LogP contribution in [-0.2, 0) is 20.0 Å². The minimum atomic E-state index is -3.10. The predicted octanol–water partition coefficient (Wildman–Crippen LogP) is 5.09. The Kier molecular flexibility index (Phi) is 3.71. The van der Waals surface area contributed by atoms with Crippen molar-refractivity contribution in [1.29, 1.82) is 0 Å². The van der Waals surface area contributed by atoms with Gasteiger partial charge in [-0.05, 0) is 22.9 Å². The Morgan fingerprint density at radius 3 is 1.96 bits per heavy atom. The van der Waals surface area contributed by atoms with Crippen LogP contribution in [0, 0.1) is 0 Å². The van der Waals surface area contributed by atoms with E-state index in [0.717, 1.165) is 21.5 Å². The van der Waals surface area contributed by atoms with E-state index in [2.05, 4.69) is 0 Å². The predicted molar refractivity (Wildman–Crippen MR) is 102 cm³/mol. The van der Waals surface area contributed by atoms with E-state index in [1.54, 1.807) is 12.1 Å². The monoisotopic (exact) mass is 350 g/mol. The first-order valence-corrected chi connectivity index (χ1v) is 9.96. The van der Waals surface area contributed by atoms with E-state index in [-0.39, 0.29) is 0 Å². The molecule has 1 unspecified atom stereocenters. The lowest BCUT2D eigenvalue weighted by molar-refractivity contribution is 0.564. The van der Waals surface area contributed by atoms with Gasteiger partial charge in [-0.2, -0.15) is 0 Å². The summed E-state index contributed by atoms with van der Waals surface area (Å²) in [6.45, 7) is 0. The summed E-state index contributed by atoms with van der Waals surface area (Å²) >= 11 is 5.39. The molecule has 0 aliphatic rings. The molecular weight excluding hydrogens is 336 g/mol. The smallest absolute Gasteiger partial charge is 0.216 e. The first-order valence-electron chi connectivity index (χ1n) is 7.55. The molecule has 0 spiro atoms. The summed E-state index contributed by atoms with van der Waals surface area (Å²) in [5.74, 6) is 0.543. The maximum atomic E-state index is 13.2. The molecule has 0 saturated carbocycles. The van der Waals surface area contributed by atoms with E-state index in [4.69, 9.17) is 15.4 Å². The van der Waals surface area contributed by atoms with Crippen LogP contribution < -0.4 is 4.18 Å². The Morgan fingerprint density at radius 2 is 1.21 bits per heavy atom. The lowest BCUT2D eigenvalue weighted by Gasteiger charge is -2.13. The summed E-state index contributed by atoms with van der Waals surface area (Å²) in [6, 6.07) is 26.9. The second-order valence-corrected chi connectivity index (χ2v) is 8.32. The normalized spacial score (nSPS) is 13.7. The average molecular weight is 350 g/mol. The third-order valence-corrected chi connectivity index (χ3v) is 6.00. The number of rotatable bonds is 3. The Balaban J connectivity index is 1.86. The molecule has 0 aliphatic carbocycles. The minimum absolute atomic E-state index is 0.543. The fourth-order valence-corrected chi connectivity index (χ4v) is 4.67. The minimum Gasteiger partial charge on any atom is -0.397 e. The quantitative estimate of drug-likeness (QED) is 0.515. The fraction of sp³-hybridized carbons (Fsp3) is 0. The summed E-state index contributed by atoms with van der Waals surface area (Å²) in [6.07, 6.45) is 0. The van der Waals surface area contributed by atoms with Gasteiger partial charge in [-0.25, -0.2) is 4.21 Å². The third-order valence-electron chi connectivity index (χ3n) is 3.97. The maximum Gasteiger partial charge on any atom is 0.216 e. The van der Waals surface area contributed by atoms with E-state index in [9.17, 15) is 4.21 Å². The van der Waals surface area contributed by atoms with Crippen LogP contribution in [0.2, 0.25) is 0 Å².